The highest BCUT2D eigenvalue weighted by molar-refractivity contribution is 5.91. The summed E-state index contributed by atoms with van der Waals surface area (Å²) < 4.78 is 7.30. The first-order valence-corrected chi connectivity index (χ1v) is 7.94. The van der Waals surface area contributed by atoms with E-state index < -0.39 is 6.10 Å². The molecule has 0 saturated heterocycles. The molecule has 0 aliphatic carbocycles. The highest BCUT2D eigenvalue weighted by atomic mass is 16.5. The average molecular weight is 331 g/mol. The van der Waals surface area contributed by atoms with Gasteiger partial charge in [0.15, 0.2) is 6.61 Å². The molecule has 6 heteroatoms. The Morgan fingerprint density at radius 2 is 2.08 bits per heavy atom. The summed E-state index contributed by atoms with van der Waals surface area (Å²) in [5.41, 5.74) is 1.35. The topological polar surface area (TPSA) is 76.4 Å². The summed E-state index contributed by atoms with van der Waals surface area (Å²) in [6, 6.07) is 8.90. The van der Waals surface area contributed by atoms with Gasteiger partial charge in [0, 0.05) is 6.07 Å². The second-order valence-electron chi connectivity index (χ2n) is 6.84. The Bertz CT molecular complexity index is 715. The fourth-order valence-electron chi connectivity index (χ4n) is 2.29. The van der Waals surface area contributed by atoms with E-state index in [2.05, 4.69) is 10.4 Å². The molecule has 130 valence electrons. The van der Waals surface area contributed by atoms with Crippen LogP contribution in [0.25, 0.3) is 0 Å². The predicted molar refractivity (Wildman–Crippen MR) is 93.2 cm³/mol. The van der Waals surface area contributed by atoms with E-state index in [0.717, 1.165) is 11.3 Å². The van der Waals surface area contributed by atoms with Gasteiger partial charge in [-0.1, -0.05) is 12.1 Å². The van der Waals surface area contributed by atoms with Crippen LogP contribution >= 0.6 is 0 Å². The monoisotopic (exact) mass is 331 g/mol. The number of nitrogens with one attached hydrogen (secondary N) is 1. The molecule has 6 nitrogen and oxygen atoms in total. The van der Waals surface area contributed by atoms with Crippen molar-refractivity contribution in [3.8, 4) is 5.75 Å². The second-order valence-corrected chi connectivity index (χ2v) is 6.84. The van der Waals surface area contributed by atoms with Crippen LogP contribution in [0, 0.1) is 6.92 Å². The number of aliphatic hydroxyl groups excluding tert-OH is 1. The van der Waals surface area contributed by atoms with E-state index in [-0.39, 0.29) is 18.1 Å². The molecule has 2 rings (SSSR count). The van der Waals surface area contributed by atoms with Crippen molar-refractivity contribution in [2.45, 2.75) is 46.3 Å². The number of benzene rings is 1. The zero-order valence-electron chi connectivity index (χ0n) is 14.8. The van der Waals surface area contributed by atoms with Crippen molar-refractivity contribution in [1.82, 2.24) is 9.78 Å². The number of anilines is 1. The molecule has 2 aromatic rings. The third kappa shape index (κ3) is 4.58. The lowest BCUT2D eigenvalue weighted by Gasteiger charge is -2.22. The number of aromatic nitrogens is 2. The van der Waals surface area contributed by atoms with E-state index in [1.165, 1.54) is 0 Å². The first-order valence-electron chi connectivity index (χ1n) is 7.94. The maximum Gasteiger partial charge on any atom is 0.263 e. The average Bonchev–Trinajstić information content (AvgIpc) is 2.86. The first kappa shape index (κ1) is 18.0. The summed E-state index contributed by atoms with van der Waals surface area (Å²) in [5, 5.41) is 16.8. The van der Waals surface area contributed by atoms with Crippen LogP contribution in [0.2, 0.25) is 0 Å². The Labute approximate surface area is 142 Å². The summed E-state index contributed by atoms with van der Waals surface area (Å²) in [7, 11) is 0. The molecule has 24 heavy (non-hydrogen) atoms. The van der Waals surface area contributed by atoms with Gasteiger partial charge in [0.2, 0.25) is 0 Å². The van der Waals surface area contributed by atoms with Gasteiger partial charge in [0.25, 0.3) is 5.91 Å². The zero-order chi connectivity index (χ0) is 17.9. The maximum atomic E-state index is 12.2. The highest BCUT2D eigenvalue weighted by Gasteiger charge is 2.20. The van der Waals surface area contributed by atoms with Crippen molar-refractivity contribution in [3.05, 3.63) is 41.6 Å². The van der Waals surface area contributed by atoms with Gasteiger partial charge in [-0.3, -0.25) is 4.79 Å². The number of aliphatic hydroxyl groups is 1. The predicted octanol–water partition coefficient (Wildman–Crippen LogP) is 3.02. The number of amides is 1. The Kier molecular flexibility index (Phi) is 5.29. The summed E-state index contributed by atoms with van der Waals surface area (Å²) in [6.07, 6.45) is -0.577. The lowest BCUT2D eigenvalue weighted by Crippen LogP contribution is -2.28. The molecule has 0 radical (unpaired) electrons. The molecule has 0 bridgehead atoms. The van der Waals surface area contributed by atoms with E-state index in [4.69, 9.17) is 4.74 Å². The quantitative estimate of drug-likeness (QED) is 0.883. The third-order valence-corrected chi connectivity index (χ3v) is 3.44. The maximum absolute atomic E-state index is 12.2. The van der Waals surface area contributed by atoms with Gasteiger partial charge >= 0.3 is 0 Å². The minimum Gasteiger partial charge on any atom is -0.484 e. The van der Waals surface area contributed by atoms with Crippen molar-refractivity contribution in [2.24, 2.45) is 0 Å². The number of rotatable bonds is 5. The minimum atomic E-state index is -0.577. The fourth-order valence-corrected chi connectivity index (χ4v) is 2.29. The van der Waals surface area contributed by atoms with Crippen molar-refractivity contribution in [3.63, 3.8) is 0 Å². The van der Waals surface area contributed by atoms with Gasteiger partial charge in [-0.05, 0) is 52.3 Å². The molecule has 0 aliphatic rings. The van der Waals surface area contributed by atoms with Gasteiger partial charge in [-0.15, -0.1) is 0 Å². The number of carbonyl (C=O) groups is 1. The van der Waals surface area contributed by atoms with Gasteiger partial charge < -0.3 is 15.2 Å². The van der Waals surface area contributed by atoms with Crippen LogP contribution in [0.5, 0.6) is 5.75 Å². The molecular weight excluding hydrogens is 306 g/mol. The molecule has 0 fully saturated rings. The highest BCUT2D eigenvalue weighted by Crippen LogP contribution is 2.21. The molecule has 0 aliphatic heterocycles. The van der Waals surface area contributed by atoms with Crippen LogP contribution in [0.15, 0.2) is 30.3 Å². The molecule has 1 amide bonds. The minimum absolute atomic E-state index is 0.113. The van der Waals surface area contributed by atoms with Gasteiger partial charge in [-0.2, -0.15) is 5.10 Å². The van der Waals surface area contributed by atoms with E-state index in [0.29, 0.717) is 11.6 Å². The number of ether oxygens (including phenoxy) is 1. The van der Waals surface area contributed by atoms with E-state index in [1.807, 2.05) is 39.8 Å². The van der Waals surface area contributed by atoms with Crippen LogP contribution in [-0.4, -0.2) is 27.4 Å². The number of aryl methyl sites for hydroxylation is 1. The first-order chi connectivity index (χ1) is 11.2. The molecule has 1 heterocycles. The number of carbonyl (C=O) groups excluding carboxylic acids is 1. The second kappa shape index (κ2) is 7.05. The van der Waals surface area contributed by atoms with Crippen molar-refractivity contribution in [2.75, 3.05) is 11.9 Å². The Morgan fingerprint density at radius 1 is 1.38 bits per heavy atom. The lowest BCUT2D eigenvalue weighted by atomic mass is 10.1. The van der Waals surface area contributed by atoms with Crippen molar-refractivity contribution >= 4 is 11.7 Å². The Balaban J connectivity index is 2.01. The number of nitrogens with zero attached hydrogens (tertiary/aromatic N) is 2. The Hall–Kier alpha value is -2.34. The lowest BCUT2D eigenvalue weighted by molar-refractivity contribution is -0.118. The van der Waals surface area contributed by atoms with Crippen LogP contribution in [-0.2, 0) is 10.3 Å². The standard InChI is InChI=1S/C18H25N3O3/c1-12-9-16(21(20-12)18(3,4)5)19-17(23)11-24-15-8-6-7-14(10-15)13(2)22/h6-10,13,22H,11H2,1-5H3,(H,19,23). The third-order valence-electron chi connectivity index (χ3n) is 3.44. The van der Waals surface area contributed by atoms with Gasteiger partial charge in [0.05, 0.1) is 17.3 Å². The molecule has 2 N–H and O–H groups in total. The van der Waals surface area contributed by atoms with Crippen LogP contribution in [0.4, 0.5) is 5.82 Å². The molecule has 0 spiro atoms. The van der Waals surface area contributed by atoms with Gasteiger partial charge in [-0.25, -0.2) is 4.68 Å². The molecule has 1 atom stereocenters. The van der Waals surface area contributed by atoms with Crippen LogP contribution in [0.1, 0.15) is 45.1 Å². The summed E-state index contributed by atoms with van der Waals surface area (Å²) in [4.78, 5) is 12.2. The van der Waals surface area contributed by atoms with E-state index in [1.54, 1.807) is 29.8 Å². The molecule has 1 unspecified atom stereocenters. The number of hydrogen-bond donors (Lipinski definition) is 2. The molecular formula is C18H25N3O3. The van der Waals surface area contributed by atoms with Gasteiger partial charge in [0.1, 0.15) is 11.6 Å². The normalized spacial score (nSPS) is 12.8. The molecule has 1 aromatic heterocycles. The van der Waals surface area contributed by atoms with Crippen LogP contribution < -0.4 is 10.1 Å². The summed E-state index contributed by atoms with van der Waals surface area (Å²) >= 11 is 0. The molecule has 0 saturated carbocycles. The smallest absolute Gasteiger partial charge is 0.263 e. The van der Waals surface area contributed by atoms with E-state index in [9.17, 15) is 9.90 Å². The Morgan fingerprint density at radius 3 is 2.71 bits per heavy atom. The largest absolute Gasteiger partial charge is 0.484 e. The number of hydrogen-bond acceptors (Lipinski definition) is 4. The fraction of sp³-hybridized carbons (Fsp3) is 0.444. The van der Waals surface area contributed by atoms with E-state index >= 15 is 0 Å². The summed E-state index contributed by atoms with van der Waals surface area (Å²) in [6.45, 7) is 9.52. The van der Waals surface area contributed by atoms with Crippen molar-refractivity contribution < 1.29 is 14.6 Å². The van der Waals surface area contributed by atoms with Crippen LogP contribution in [0.3, 0.4) is 0 Å². The SMILES string of the molecule is Cc1cc(NC(=O)COc2cccc(C(C)O)c2)n(C(C)(C)C)n1. The van der Waals surface area contributed by atoms with Crippen molar-refractivity contribution in [1.29, 1.82) is 0 Å². The zero-order valence-corrected chi connectivity index (χ0v) is 14.8. The molecule has 1 aromatic carbocycles. The summed E-state index contributed by atoms with van der Waals surface area (Å²) in [5.74, 6) is 0.929.